The fourth-order valence-corrected chi connectivity index (χ4v) is 19.0. The summed E-state index contributed by atoms with van der Waals surface area (Å²) in [5, 5.41) is 19.9. The maximum absolute atomic E-state index is 7.48. The summed E-state index contributed by atoms with van der Waals surface area (Å²) in [6, 6.07) is 45.1. The van der Waals surface area contributed by atoms with Gasteiger partial charge in [0.2, 0.25) is 0 Å². The van der Waals surface area contributed by atoms with Crippen LogP contribution in [0.15, 0.2) is 138 Å². The predicted molar refractivity (Wildman–Crippen MR) is 317 cm³/mol. The summed E-state index contributed by atoms with van der Waals surface area (Å²) in [6.45, 7) is 30.8. The molecular formula is C57H68N2O4P2Si4. The Hall–Kier alpha value is -4.61. The molecule has 2 aromatic heterocycles. The zero-order valence-corrected chi connectivity index (χ0v) is 48.9. The van der Waals surface area contributed by atoms with Crippen LogP contribution in [0.5, 0.6) is 0 Å². The van der Waals surface area contributed by atoms with Crippen LogP contribution in [0.1, 0.15) is 6.42 Å². The van der Waals surface area contributed by atoms with Crippen LogP contribution in [0.25, 0.3) is 87.0 Å². The highest BCUT2D eigenvalue weighted by Gasteiger charge is 2.31. The van der Waals surface area contributed by atoms with E-state index < -0.39 is 48.6 Å². The van der Waals surface area contributed by atoms with Crippen molar-refractivity contribution in [1.29, 1.82) is 0 Å². The Balaban J connectivity index is 1.15. The van der Waals surface area contributed by atoms with Crippen LogP contribution in [-0.4, -0.2) is 59.5 Å². The maximum Gasteiger partial charge on any atom is 0.309 e. The number of rotatable bonds is 10. The van der Waals surface area contributed by atoms with Crippen LogP contribution in [0, 0.1) is 0 Å². The summed E-state index contributed by atoms with van der Waals surface area (Å²) in [5.41, 5.74) is 3.99. The van der Waals surface area contributed by atoms with Gasteiger partial charge in [0, 0.05) is 48.7 Å². The van der Waals surface area contributed by atoms with Gasteiger partial charge in [-0.15, -0.1) is 0 Å². The van der Waals surface area contributed by atoms with E-state index in [-0.39, 0.29) is 0 Å². The highest BCUT2D eigenvalue weighted by atomic mass is 31.1. The van der Waals surface area contributed by atoms with Crippen molar-refractivity contribution in [2.75, 3.05) is 36.5 Å². The zero-order chi connectivity index (χ0) is 48.9. The molecule has 0 aliphatic carbocycles. The van der Waals surface area contributed by atoms with Crippen molar-refractivity contribution in [1.82, 2.24) is 0 Å². The lowest BCUT2D eigenvalue weighted by Gasteiger charge is -2.20. The number of benzene rings is 8. The molecule has 2 heterocycles. The second-order valence-corrected chi connectivity index (χ2v) is 46.6. The fourth-order valence-electron chi connectivity index (χ4n) is 10.2. The average molecular weight is 1020 g/mol. The lowest BCUT2D eigenvalue weighted by molar-refractivity contribution is 0.619. The van der Waals surface area contributed by atoms with E-state index in [1.165, 1.54) is 85.4 Å². The number of hydrogen-bond acceptors (Lipinski definition) is 6. The van der Waals surface area contributed by atoms with Gasteiger partial charge in [0.05, 0.1) is 32.3 Å². The third-order valence-electron chi connectivity index (χ3n) is 13.9. The SMILES string of the molecule is CN(CCCN(C)p1oc2c([Si](C)(C)C)cc3ccccc3c2c2c(o1)c([Si](C)(C)C)cc1ccccc12)p1oc2c([Si](C)(C)C)cc3ccccc3c2c2c(o1)c([Si](C)(C)C)cc1ccccc12. The van der Waals surface area contributed by atoms with Crippen LogP contribution in [0.4, 0.5) is 0 Å². The van der Waals surface area contributed by atoms with Gasteiger partial charge in [-0.2, -0.15) is 0 Å². The van der Waals surface area contributed by atoms with Gasteiger partial charge in [0.25, 0.3) is 0 Å². The van der Waals surface area contributed by atoms with Crippen molar-refractivity contribution >= 4 is 156 Å². The molecule has 0 amide bonds. The van der Waals surface area contributed by atoms with E-state index in [0.29, 0.717) is 0 Å². The smallest absolute Gasteiger partial charge is 0.309 e. The molecule has 10 rings (SSSR count). The van der Waals surface area contributed by atoms with Crippen molar-refractivity contribution < 1.29 is 16.8 Å². The van der Waals surface area contributed by atoms with E-state index in [9.17, 15) is 0 Å². The first-order chi connectivity index (χ1) is 32.6. The predicted octanol–water partition coefficient (Wildman–Crippen LogP) is 15.9. The van der Waals surface area contributed by atoms with Crippen molar-refractivity contribution in [2.24, 2.45) is 0 Å². The van der Waals surface area contributed by atoms with E-state index >= 15 is 0 Å². The molecule has 0 N–H and O–H groups in total. The second kappa shape index (κ2) is 17.6. The third-order valence-corrected chi connectivity index (χ3v) is 24.8. The molecule has 8 aromatic carbocycles. The molecule has 0 saturated heterocycles. The Bertz CT molecular complexity index is 3290. The Labute approximate surface area is 413 Å². The molecule has 0 aliphatic rings. The van der Waals surface area contributed by atoms with Crippen LogP contribution < -0.4 is 30.1 Å². The van der Waals surface area contributed by atoms with Crippen LogP contribution >= 0.6 is 16.3 Å². The summed E-state index contributed by atoms with van der Waals surface area (Å²) >= 11 is 0. The molecule has 0 atom stereocenters. The van der Waals surface area contributed by atoms with Gasteiger partial charge in [0.15, 0.2) is 0 Å². The van der Waals surface area contributed by atoms with Gasteiger partial charge < -0.3 is 16.8 Å². The second-order valence-electron chi connectivity index (χ2n) is 23.4. The molecule has 0 spiro atoms. The topological polar surface area (TPSA) is 59.0 Å². The molecule has 6 nitrogen and oxygen atoms in total. The summed E-state index contributed by atoms with van der Waals surface area (Å²) in [6.07, 6.45) is 0.859. The van der Waals surface area contributed by atoms with E-state index in [1.54, 1.807) is 0 Å². The van der Waals surface area contributed by atoms with Gasteiger partial charge in [0.1, 0.15) is 22.3 Å². The quantitative estimate of drug-likeness (QED) is 0.127. The first-order valence-corrected chi connectivity index (χ1v) is 40.9. The highest BCUT2D eigenvalue weighted by Crippen LogP contribution is 2.44. The molecule has 12 heteroatoms. The Morgan fingerprint density at radius 2 is 0.565 bits per heavy atom. The molecule has 0 saturated carbocycles. The molecule has 0 unspecified atom stereocenters. The van der Waals surface area contributed by atoms with Crippen molar-refractivity contribution in [2.45, 2.75) is 85.0 Å². The fraction of sp³-hybridized carbons (Fsp3) is 0.298. The van der Waals surface area contributed by atoms with Gasteiger partial charge in [-0.1, -0.05) is 200 Å². The van der Waals surface area contributed by atoms with E-state index in [0.717, 1.165) is 41.8 Å². The van der Waals surface area contributed by atoms with Gasteiger partial charge in [-0.25, -0.2) is 9.34 Å². The van der Waals surface area contributed by atoms with Gasteiger partial charge >= 0.3 is 16.3 Å². The molecule has 0 radical (unpaired) electrons. The lowest BCUT2D eigenvalue weighted by atomic mass is 9.98. The van der Waals surface area contributed by atoms with E-state index in [4.69, 9.17) is 16.8 Å². The number of nitrogens with zero attached hydrogens (tertiary/aromatic N) is 2. The van der Waals surface area contributed by atoms with Gasteiger partial charge in [-0.3, -0.25) is 0 Å². The minimum Gasteiger partial charge on any atom is -0.408 e. The average Bonchev–Trinajstić information content (AvgIpc) is 3.59. The molecule has 0 bridgehead atoms. The van der Waals surface area contributed by atoms with E-state index in [1.807, 2.05) is 0 Å². The number of fused-ring (bicyclic) bond motifs is 14. The first kappa shape index (κ1) is 48.0. The zero-order valence-electron chi connectivity index (χ0n) is 43.1. The van der Waals surface area contributed by atoms with Crippen molar-refractivity contribution in [3.8, 4) is 0 Å². The largest absolute Gasteiger partial charge is 0.408 e. The maximum atomic E-state index is 7.48. The minimum atomic E-state index is -1.94. The van der Waals surface area contributed by atoms with Crippen LogP contribution in [-0.2, 0) is 0 Å². The lowest BCUT2D eigenvalue weighted by Crippen LogP contribution is -2.38. The molecule has 0 aliphatic heterocycles. The van der Waals surface area contributed by atoms with Crippen LogP contribution in [0.2, 0.25) is 78.6 Å². The van der Waals surface area contributed by atoms with Crippen molar-refractivity contribution in [3.63, 3.8) is 0 Å². The number of hydrogen-bond donors (Lipinski definition) is 0. The van der Waals surface area contributed by atoms with Gasteiger partial charge in [-0.05, 0) is 70.3 Å². The molecule has 356 valence electrons. The first-order valence-electron chi connectivity index (χ1n) is 24.6. The minimum absolute atomic E-state index is 0.762. The summed E-state index contributed by atoms with van der Waals surface area (Å²) < 4.78 is 34.6. The molecule has 10 aromatic rings. The Morgan fingerprint density at radius 1 is 0.348 bits per heavy atom. The summed E-state index contributed by atoms with van der Waals surface area (Å²) in [5.74, 6) is 0. The third kappa shape index (κ3) is 8.73. The standard InChI is InChI=1S/C57H68N2O4P2Si4/c1-58(64-60-54-46(66(3,4)5)34-38-24-15-19-28-42(38)50(54)51-43-29-20-16-25-39(43)35-47(55(51)61-64)67(6,7)8)32-23-33-59(2)65-62-56-48(68(9,10)11)36-40-26-17-21-30-44(40)52(56)53-45-31-22-18-27-41(45)37-49(57(53)63-65)69(12,13)14/h15-22,24-31,34-37H,23,32-33H2,1-14H3. The Morgan fingerprint density at radius 3 is 0.783 bits per heavy atom. The summed E-state index contributed by atoms with van der Waals surface area (Å²) in [7, 11) is -6.48. The van der Waals surface area contributed by atoms with Crippen molar-refractivity contribution in [3.05, 3.63) is 121 Å². The molecule has 69 heavy (non-hydrogen) atoms. The normalized spacial score (nSPS) is 13.2. The molecular weight excluding hydrogens is 951 g/mol. The Kier molecular flexibility index (Phi) is 12.3. The van der Waals surface area contributed by atoms with E-state index in [2.05, 4.69) is 223 Å². The summed E-state index contributed by atoms with van der Waals surface area (Å²) in [4.78, 5) is 0. The monoisotopic (exact) mass is 1020 g/mol. The highest BCUT2D eigenvalue weighted by molar-refractivity contribution is 7.39. The van der Waals surface area contributed by atoms with Crippen LogP contribution in [0.3, 0.4) is 0 Å². The molecule has 0 fully saturated rings.